The molecule has 2 aliphatic rings. The zero-order valence-electron chi connectivity index (χ0n) is 16.8. The SMILES string of the molecule is COc1ccc(CNC(=O)NCC2(N3CCOCC3)CCSCC2)cc1OC. The van der Waals surface area contributed by atoms with E-state index in [2.05, 4.69) is 15.5 Å². The van der Waals surface area contributed by atoms with E-state index in [0.717, 1.165) is 56.2 Å². The van der Waals surface area contributed by atoms with E-state index in [1.54, 1.807) is 14.2 Å². The molecule has 0 spiro atoms. The van der Waals surface area contributed by atoms with Crippen molar-refractivity contribution in [1.29, 1.82) is 0 Å². The molecule has 156 valence electrons. The molecule has 2 amide bonds. The van der Waals surface area contributed by atoms with Crippen molar-refractivity contribution < 1.29 is 19.0 Å². The number of thioether (sulfide) groups is 1. The van der Waals surface area contributed by atoms with E-state index < -0.39 is 0 Å². The molecule has 1 aromatic rings. The van der Waals surface area contributed by atoms with Crippen LogP contribution in [0.4, 0.5) is 4.79 Å². The van der Waals surface area contributed by atoms with E-state index in [-0.39, 0.29) is 11.6 Å². The fourth-order valence-corrected chi connectivity index (χ4v) is 5.13. The molecule has 2 fully saturated rings. The predicted octanol–water partition coefficient (Wildman–Crippen LogP) is 2.10. The van der Waals surface area contributed by atoms with Gasteiger partial charge in [-0.1, -0.05) is 6.07 Å². The number of carbonyl (C=O) groups is 1. The zero-order valence-corrected chi connectivity index (χ0v) is 17.6. The third-order valence-electron chi connectivity index (χ3n) is 5.58. The van der Waals surface area contributed by atoms with Crippen LogP contribution in [0.2, 0.25) is 0 Å². The molecule has 2 N–H and O–H groups in total. The number of nitrogens with one attached hydrogen (secondary N) is 2. The molecular weight excluding hydrogens is 378 g/mol. The minimum atomic E-state index is -0.138. The monoisotopic (exact) mass is 409 g/mol. The molecule has 0 atom stereocenters. The van der Waals surface area contributed by atoms with Gasteiger partial charge in [0.2, 0.25) is 0 Å². The number of hydrogen-bond donors (Lipinski definition) is 2. The van der Waals surface area contributed by atoms with Gasteiger partial charge in [-0.05, 0) is 42.0 Å². The summed E-state index contributed by atoms with van der Waals surface area (Å²) in [6.07, 6.45) is 2.21. The van der Waals surface area contributed by atoms with Crippen LogP contribution in [0.1, 0.15) is 18.4 Å². The lowest BCUT2D eigenvalue weighted by atomic mass is 9.89. The van der Waals surface area contributed by atoms with Gasteiger partial charge in [-0.15, -0.1) is 0 Å². The first-order chi connectivity index (χ1) is 13.7. The number of hydrogen-bond acceptors (Lipinski definition) is 6. The van der Waals surface area contributed by atoms with Crippen molar-refractivity contribution in [1.82, 2.24) is 15.5 Å². The van der Waals surface area contributed by atoms with Crippen molar-refractivity contribution in [2.45, 2.75) is 24.9 Å². The van der Waals surface area contributed by atoms with Gasteiger partial charge in [0.25, 0.3) is 0 Å². The molecular formula is C20H31N3O4S. The number of morpholine rings is 1. The first-order valence-electron chi connectivity index (χ1n) is 9.80. The maximum absolute atomic E-state index is 12.4. The van der Waals surface area contributed by atoms with Crippen molar-refractivity contribution in [3.05, 3.63) is 23.8 Å². The van der Waals surface area contributed by atoms with Crippen molar-refractivity contribution in [2.75, 3.05) is 58.6 Å². The van der Waals surface area contributed by atoms with E-state index in [1.807, 2.05) is 30.0 Å². The maximum atomic E-state index is 12.4. The first-order valence-corrected chi connectivity index (χ1v) is 11.0. The average Bonchev–Trinajstić information content (AvgIpc) is 2.77. The van der Waals surface area contributed by atoms with E-state index in [4.69, 9.17) is 14.2 Å². The fraction of sp³-hybridized carbons (Fsp3) is 0.650. The number of rotatable bonds is 7. The van der Waals surface area contributed by atoms with Crippen LogP contribution in [0.25, 0.3) is 0 Å². The molecule has 1 aromatic carbocycles. The number of amides is 2. The van der Waals surface area contributed by atoms with Gasteiger partial charge in [-0.25, -0.2) is 4.79 Å². The largest absolute Gasteiger partial charge is 0.493 e. The normalized spacial score (nSPS) is 19.6. The van der Waals surface area contributed by atoms with Crippen LogP contribution in [-0.2, 0) is 11.3 Å². The Morgan fingerprint density at radius 1 is 1.14 bits per heavy atom. The van der Waals surface area contributed by atoms with Gasteiger partial charge in [-0.2, -0.15) is 11.8 Å². The molecule has 0 bridgehead atoms. The summed E-state index contributed by atoms with van der Waals surface area (Å²) >= 11 is 2.00. The van der Waals surface area contributed by atoms with Crippen molar-refractivity contribution in [3.8, 4) is 11.5 Å². The van der Waals surface area contributed by atoms with Gasteiger partial charge < -0.3 is 24.8 Å². The van der Waals surface area contributed by atoms with Crippen molar-refractivity contribution in [3.63, 3.8) is 0 Å². The Bertz CT molecular complexity index is 646. The van der Waals surface area contributed by atoms with E-state index in [1.165, 1.54) is 0 Å². The third kappa shape index (κ3) is 5.24. The number of methoxy groups -OCH3 is 2. The summed E-state index contributed by atoms with van der Waals surface area (Å²) in [4.78, 5) is 15.0. The van der Waals surface area contributed by atoms with Gasteiger partial charge >= 0.3 is 6.03 Å². The molecule has 0 aromatic heterocycles. The van der Waals surface area contributed by atoms with Crippen LogP contribution in [0, 0.1) is 0 Å². The topological polar surface area (TPSA) is 72.1 Å². The molecule has 8 heteroatoms. The van der Waals surface area contributed by atoms with Gasteiger partial charge in [0.05, 0.1) is 27.4 Å². The minimum Gasteiger partial charge on any atom is -0.493 e. The minimum absolute atomic E-state index is 0.0513. The molecule has 2 saturated heterocycles. The predicted molar refractivity (Wildman–Crippen MR) is 111 cm³/mol. The van der Waals surface area contributed by atoms with E-state index >= 15 is 0 Å². The molecule has 0 saturated carbocycles. The highest BCUT2D eigenvalue weighted by atomic mass is 32.2. The summed E-state index contributed by atoms with van der Waals surface area (Å²) in [5, 5.41) is 6.07. The quantitative estimate of drug-likeness (QED) is 0.719. The van der Waals surface area contributed by atoms with Gasteiger partial charge in [-0.3, -0.25) is 4.90 Å². The smallest absolute Gasteiger partial charge is 0.315 e. The molecule has 28 heavy (non-hydrogen) atoms. The van der Waals surface area contributed by atoms with Gasteiger partial charge in [0.1, 0.15) is 0 Å². The van der Waals surface area contributed by atoms with Crippen molar-refractivity contribution in [2.24, 2.45) is 0 Å². The highest BCUT2D eigenvalue weighted by molar-refractivity contribution is 7.99. The summed E-state index contributed by atoms with van der Waals surface area (Å²) in [5.74, 6) is 3.63. The van der Waals surface area contributed by atoms with Crippen LogP contribution < -0.4 is 20.1 Å². The lowest BCUT2D eigenvalue weighted by molar-refractivity contribution is -0.0250. The Morgan fingerprint density at radius 3 is 2.54 bits per heavy atom. The molecule has 2 aliphatic heterocycles. The Hall–Kier alpha value is -1.64. The van der Waals surface area contributed by atoms with Crippen LogP contribution in [-0.4, -0.2) is 75.0 Å². The summed E-state index contributed by atoms with van der Waals surface area (Å²) in [5.41, 5.74) is 1.01. The van der Waals surface area contributed by atoms with Crippen LogP contribution in [0.5, 0.6) is 11.5 Å². The highest BCUT2D eigenvalue weighted by Crippen LogP contribution is 2.33. The number of urea groups is 1. The number of benzene rings is 1. The van der Waals surface area contributed by atoms with E-state index in [0.29, 0.717) is 24.6 Å². The lowest BCUT2D eigenvalue weighted by Gasteiger charge is -2.48. The second-order valence-electron chi connectivity index (χ2n) is 7.16. The first kappa shape index (κ1) is 21.1. The average molecular weight is 410 g/mol. The Balaban J connectivity index is 1.53. The maximum Gasteiger partial charge on any atom is 0.315 e. The van der Waals surface area contributed by atoms with Crippen LogP contribution in [0.3, 0.4) is 0 Å². The summed E-state index contributed by atoms with van der Waals surface area (Å²) < 4.78 is 16.1. The Kier molecular flexibility index (Phi) is 7.70. The third-order valence-corrected chi connectivity index (χ3v) is 6.57. The van der Waals surface area contributed by atoms with Gasteiger partial charge in [0.15, 0.2) is 11.5 Å². The van der Waals surface area contributed by atoms with Crippen molar-refractivity contribution >= 4 is 17.8 Å². The molecule has 0 unspecified atom stereocenters. The second kappa shape index (κ2) is 10.2. The number of nitrogens with zero attached hydrogens (tertiary/aromatic N) is 1. The van der Waals surface area contributed by atoms with Crippen LogP contribution in [0.15, 0.2) is 18.2 Å². The summed E-state index contributed by atoms with van der Waals surface area (Å²) in [6, 6.07) is 5.52. The standard InChI is InChI=1S/C20H31N3O4S/c1-25-17-4-3-16(13-18(17)26-2)14-21-19(24)22-15-20(5-11-28-12-6-20)23-7-9-27-10-8-23/h3-4,13H,5-12,14-15H2,1-2H3,(H2,21,22,24). The number of ether oxygens (including phenoxy) is 3. The Morgan fingerprint density at radius 2 is 1.86 bits per heavy atom. The number of carbonyl (C=O) groups excluding carboxylic acids is 1. The second-order valence-corrected chi connectivity index (χ2v) is 8.39. The molecule has 3 rings (SSSR count). The van der Waals surface area contributed by atoms with Gasteiger partial charge in [0, 0.05) is 31.7 Å². The summed E-state index contributed by atoms with van der Waals surface area (Å²) in [6.45, 7) is 4.55. The molecule has 0 radical (unpaired) electrons. The summed E-state index contributed by atoms with van der Waals surface area (Å²) in [7, 11) is 3.21. The lowest BCUT2D eigenvalue weighted by Crippen LogP contribution is -2.61. The van der Waals surface area contributed by atoms with Crippen LogP contribution >= 0.6 is 11.8 Å². The zero-order chi connectivity index (χ0) is 19.8. The highest BCUT2D eigenvalue weighted by Gasteiger charge is 2.39. The fourth-order valence-electron chi connectivity index (χ4n) is 3.87. The Labute approximate surface area is 171 Å². The molecule has 7 nitrogen and oxygen atoms in total. The molecule has 2 heterocycles. The molecule has 0 aliphatic carbocycles. The van der Waals surface area contributed by atoms with E-state index in [9.17, 15) is 4.79 Å².